The Balaban J connectivity index is 3.79. The largest absolute Gasteiger partial charge is 0.481 e. The smallest absolute Gasteiger partial charge is 0.307 e. The van der Waals surface area contributed by atoms with Gasteiger partial charge >= 0.3 is 5.97 Å². The van der Waals surface area contributed by atoms with Crippen LogP contribution in [-0.2, 0) is 9.59 Å². The summed E-state index contributed by atoms with van der Waals surface area (Å²) >= 11 is 0. The van der Waals surface area contributed by atoms with E-state index in [-0.39, 0.29) is 18.5 Å². The van der Waals surface area contributed by atoms with Gasteiger partial charge in [-0.1, -0.05) is 20.8 Å². The van der Waals surface area contributed by atoms with Crippen LogP contribution in [0.5, 0.6) is 0 Å². The molecule has 0 rings (SSSR count). The minimum Gasteiger partial charge on any atom is -0.481 e. The molecule has 5 nitrogen and oxygen atoms in total. The van der Waals surface area contributed by atoms with Crippen molar-refractivity contribution in [2.24, 2.45) is 11.8 Å². The molecule has 0 aromatic heterocycles. The van der Waals surface area contributed by atoms with Gasteiger partial charge in [0.25, 0.3) is 0 Å². The molecular weight excluding hydrogens is 208 g/mol. The van der Waals surface area contributed by atoms with Gasteiger partial charge in [-0.2, -0.15) is 0 Å². The van der Waals surface area contributed by atoms with Crippen molar-refractivity contribution in [3.8, 4) is 0 Å². The summed E-state index contributed by atoms with van der Waals surface area (Å²) in [6.07, 6.45) is 0. The predicted molar refractivity (Wildman–Crippen MR) is 62.1 cm³/mol. The fourth-order valence-corrected chi connectivity index (χ4v) is 1.02. The van der Waals surface area contributed by atoms with E-state index in [1.165, 1.54) is 0 Å². The topological polar surface area (TPSA) is 78.4 Å². The van der Waals surface area contributed by atoms with Crippen LogP contribution in [0.25, 0.3) is 0 Å². The molecule has 0 radical (unpaired) electrons. The molecule has 0 spiro atoms. The quantitative estimate of drug-likeness (QED) is 0.593. The van der Waals surface area contributed by atoms with Gasteiger partial charge in [0.05, 0.1) is 12.5 Å². The van der Waals surface area contributed by atoms with Crippen molar-refractivity contribution in [3.05, 3.63) is 0 Å². The molecule has 0 fully saturated rings. The van der Waals surface area contributed by atoms with Crippen molar-refractivity contribution in [2.45, 2.75) is 33.7 Å². The van der Waals surface area contributed by atoms with Gasteiger partial charge in [-0.05, 0) is 12.8 Å². The zero-order valence-electron chi connectivity index (χ0n) is 10.4. The number of carbonyl (C=O) groups excluding carboxylic acids is 1. The molecule has 5 heteroatoms. The zero-order valence-corrected chi connectivity index (χ0v) is 10.4. The minimum absolute atomic E-state index is 0.0989. The normalized spacial score (nSPS) is 14.6. The van der Waals surface area contributed by atoms with E-state index in [0.717, 1.165) is 0 Å². The second kappa shape index (κ2) is 7.22. The monoisotopic (exact) mass is 230 g/mol. The molecule has 0 saturated heterocycles. The first kappa shape index (κ1) is 14.9. The molecular formula is C11H22N2O3. The Kier molecular flexibility index (Phi) is 6.72. The molecule has 0 aromatic rings. The van der Waals surface area contributed by atoms with Crippen LogP contribution in [-0.4, -0.2) is 36.1 Å². The van der Waals surface area contributed by atoms with Crippen LogP contribution < -0.4 is 10.6 Å². The van der Waals surface area contributed by atoms with Gasteiger partial charge < -0.3 is 15.7 Å². The summed E-state index contributed by atoms with van der Waals surface area (Å²) in [6.45, 7) is 8.21. The van der Waals surface area contributed by atoms with Crippen LogP contribution in [0.1, 0.15) is 27.7 Å². The summed E-state index contributed by atoms with van der Waals surface area (Å²) in [7, 11) is 0. The summed E-state index contributed by atoms with van der Waals surface area (Å²) in [5.74, 6) is -1.04. The molecule has 3 N–H and O–H groups in total. The average molecular weight is 230 g/mol. The van der Waals surface area contributed by atoms with Crippen molar-refractivity contribution in [2.75, 3.05) is 13.1 Å². The van der Waals surface area contributed by atoms with E-state index in [1.807, 2.05) is 13.8 Å². The minimum atomic E-state index is -0.859. The highest BCUT2D eigenvalue weighted by molar-refractivity contribution is 5.78. The summed E-state index contributed by atoms with van der Waals surface area (Å²) in [5, 5.41) is 14.4. The zero-order chi connectivity index (χ0) is 12.7. The van der Waals surface area contributed by atoms with E-state index in [1.54, 1.807) is 13.8 Å². The lowest BCUT2D eigenvalue weighted by Crippen LogP contribution is -2.43. The van der Waals surface area contributed by atoms with Gasteiger partial charge in [0, 0.05) is 12.6 Å². The number of carboxylic acid groups (broad SMARTS) is 1. The van der Waals surface area contributed by atoms with Crippen molar-refractivity contribution >= 4 is 11.9 Å². The number of hydrogen-bond donors (Lipinski definition) is 3. The summed E-state index contributed by atoms with van der Waals surface area (Å²) < 4.78 is 0. The van der Waals surface area contributed by atoms with Gasteiger partial charge in [-0.15, -0.1) is 0 Å². The van der Waals surface area contributed by atoms with E-state index in [0.29, 0.717) is 12.5 Å². The number of carbonyl (C=O) groups is 2. The van der Waals surface area contributed by atoms with Crippen LogP contribution in [0.3, 0.4) is 0 Å². The SMILES string of the molecule is CC(C)CNC(=O)CNC(C)C(C)C(=O)O. The molecule has 0 heterocycles. The molecule has 16 heavy (non-hydrogen) atoms. The number of hydrogen-bond acceptors (Lipinski definition) is 3. The Morgan fingerprint density at radius 3 is 2.19 bits per heavy atom. The number of amides is 1. The summed E-state index contributed by atoms with van der Waals surface area (Å²) in [6, 6.07) is -0.220. The lowest BCUT2D eigenvalue weighted by Gasteiger charge is -2.17. The second-order valence-corrected chi connectivity index (χ2v) is 4.49. The lowest BCUT2D eigenvalue weighted by molar-refractivity contribution is -0.142. The van der Waals surface area contributed by atoms with E-state index < -0.39 is 11.9 Å². The molecule has 0 aliphatic rings. The van der Waals surface area contributed by atoms with Crippen molar-refractivity contribution in [1.29, 1.82) is 0 Å². The fraction of sp³-hybridized carbons (Fsp3) is 0.818. The third-order valence-electron chi connectivity index (χ3n) is 2.43. The standard InChI is InChI=1S/C11H22N2O3/c1-7(2)5-13-10(14)6-12-9(4)8(3)11(15)16/h7-9,12H,5-6H2,1-4H3,(H,13,14)(H,15,16). The maximum absolute atomic E-state index is 11.3. The van der Waals surface area contributed by atoms with Gasteiger partial charge in [-0.3, -0.25) is 9.59 Å². The molecule has 0 bridgehead atoms. The van der Waals surface area contributed by atoms with Crippen LogP contribution in [0.15, 0.2) is 0 Å². The summed E-state index contributed by atoms with van der Waals surface area (Å²) in [4.78, 5) is 22.0. The molecule has 0 aromatic carbocycles. The lowest BCUT2D eigenvalue weighted by atomic mass is 10.0. The van der Waals surface area contributed by atoms with Crippen LogP contribution in [0.2, 0.25) is 0 Å². The fourth-order valence-electron chi connectivity index (χ4n) is 1.02. The highest BCUT2D eigenvalue weighted by Gasteiger charge is 2.19. The van der Waals surface area contributed by atoms with E-state index >= 15 is 0 Å². The first-order chi connectivity index (χ1) is 7.34. The van der Waals surface area contributed by atoms with Crippen molar-refractivity contribution in [1.82, 2.24) is 10.6 Å². The van der Waals surface area contributed by atoms with Crippen molar-refractivity contribution < 1.29 is 14.7 Å². The van der Waals surface area contributed by atoms with Gasteiger partial charge in [0.1, 0.15) is 0 Å². The van der Waals surface area contributed by atoms with Gasteiger partial charge in [0.15, 0.2) is 0 Å². The Morgan fingerprint density at radius 1 is 1.19 bits per heavy atom. The highest BCUT2D eigenvalue weighted by Crippen LogP contribution is 2.01. The molecule has 0 aliphatic carbocycles. The first-order valence-corrected chi connectivity index (χ1v) is 5.57. The Labute approximate surface area is 96.6 Å². The van der Waals surface area contributed by atoms with Crippen LogP contribution in [0.4, 0.5) is 0 Å². The molecule has 1 amide bonds. The van der Waals surface area contributed by atoms with Crippen molar-refractivity contribution in [3.63, 3.8) is 0 Å². The van der Waals surface area contributed by atoms with Gasteiger partial charge in [-0.25, -0.2) is 0 Å². The number of rotatable bonds is 7. The second-order valence-electron chi connectivity index (χ2n) is 4.49. The molecule has 0 aliphatic heterocycles. The Bertz CT molecular complexity index is 241. The van der Waals surface area contributed by atoms with E-state index in [9.17, 15) is 9.59 Å². The molecule has 2 unspecified atom stereocenters. The molecule has 2 atom stereocenters. The summed E-state index contributed by atoms with van der Waals surface area (Å²) in [5.41, 5.74) is 0. The molecule has 0 saturated carbocycles. The third kappa shape index (κ3) is 6.40. The number of aliphatic carboxylic acids is 1. The third-order valence-corrected chi connectivity index (χ3v) is 2.43. The highest BCUT2D eigenvalue weighted by atomic mass is 16.4. The maximum atomic E-state index is 11.3. The number of nitrogens with one attached hydrogen (secondary N) is 2. The Hall–Kier alpha value is -1.10. The van der Waals surface area contributed by atoms with Crippen LogP contribution in [0, 0.1) is 11.8 Å². The predicted octanol–water partition coefficient (Wildman–Crippen LogP) is 0.457. The van der Waals surface area contributed by atoms with E-state index in [4.69, 9.17) is 5.11 Å². The van der Waals surface area contributed by atoms with E-state index in [2.05, 4.69) is 10.6 Å². The molecule has 94 valence electrons. The van der Waals surface area contributed by atoms with Crippen LogP contribution >= 0.6 is 0 Å². The first-order valence-electron chi connectivity index (χ1n) is 5.57. The number of carboxylic acids is 1. The Morgan fingerprint density at radius 2 is 1.75 bits per heavy atom. The van der Waals surface area contributed by atoms with Gasteiger partial charge in [0.2, 0.25) is 5.91 Å². The maximum Gasteiger partial charge on any atom is 0.307 e. The average Bonchev–Trinajstić information content (AvgIpc) is 2.21.